The average Bonchev–Trinajstić information content (AvgIpc) is 2.20. The predicted octanol–water partition coefficient (Wildman–Crippen LogP) is -0.360. The molecule has 1 unspecified atom stereocenters. The van der Waals surface area contributed by atoms with Crippen molar-refractivity contribution in [3.05, 3.63) is 23.8 Å². The first-order valence-electron chi connectivity index (χ1n) is 4.16. The lowest BCUT2D eigenvalue weighted by molar-refractivity contribution is -0.138. The average molecular weight is 209 g/mol. The van der Waals surface area contributed by atoms with Gasteiger partial charge in [-0.15, -0.1) is 5.21 Å². The first-order chi connectivity index (χ1) is 7.04. The summed E-state index contributed by atoms with van der Waals surface area (Å²) in [7, 11) is 0. The van der Waals surface area contributed by atoms with Crippen molar-refractivity contribution in [2.75, 3.05) is 0 Å². The molecule has 0 aromatic heterocycles. The number of hydrogen-bond acceptors (Lipinski definition) is 4. The van der Waals surface area contributed by atoms with Gasteiger partial charge in [-0.2, -0.15) is 0 Å². The Morgan fingerprint density at radius 3 is 2.73 bits per heavy atom. The second-order valence-corrected chi connectivity index (χ2v) is 3.04. The van der Waals surface area contributed by atoms with E-state index in [-0.39, 0.29) is 12.1 Å². The molecular formula is C9H9N2O4. The number of aliphatic carboxylic acids is 1. The van der Waals surface area contributed by atoms with Crippen LogP contribution in [-0.4, -0.2) is 28.6 Å². The van der Waals surface area contributed by atoms with Crippen LogP contribution < -0.4 is 5.73 Å². The van der Waals surface area contributed by atoms with Crippen LogP contribution in [-0.2, 0) is 14.8 Å². The number of allylic oxidation sites excluding steroid dienone is 3. The second-order valence-electron chi connectivity index (χ2n) is 3.04. The number of rotatable bonds is 3. The fourth-order valence-corrected chi connectivity index (χ4v) is 1.10. The van der Waals surface area contributed by atoms with Crippen LogP contribution in [0.2, 0.25) is 0 Å². The van der Waals surface area contributed by atoms with Crippen molar-refractivity contribution < 1.29 is 19.9 Å². The van der Waals surface area contributed by atoms with Gasteiger partial charge in [-0.05, 0) is 29.3 Å². The third kappa shape index (κ3) is 2.75. The molecule has 1 aliphatic rings. The predicted molar refractivity (Wildman–Crippen MR) is 50.6 cm³/mol. The fraction of sp³-hybridized carbons (Fsp3) is 0.222. The van der Waals surface area contributed by atoms with E-state index in [2.05, 4.69) is 5.16 Å². The number of carboxylic acids is 1. The molecule has 0 fully saturated rings. The van der Waals surface area contributed by atoms with Crippen molar-refractivity contribution in [3.63, 3.8) is 0 Å². The summed E-state index contributed by atoms with van der Waals surface area (Å²) in [6, 6.07) is -1.05. The summed E-state index contributed by atoms with van der Waals surface area (Å²) in [5.41, 5.74) is 5.56. The minimum atomic E-state index is -1.14. The van der Waals surface area contributed by atoms with Crippen LogP contribution in [0.4, 0.5) is 0 Å². The largest absolute Gasteiger partial charge is 0.480 e. The Morgan fingerprint density at radius 1 is 1.53 bits per heavy atom. The highest BCUT2D eigenvalue weighted by atomic mass is 16.4. The summed E-state index contributed by atoms with van der Waals surface area (Å²) in [4.78, 5) is 21.4. The third-order valence-electron chi connectivity index (χ3n) is 1.89. The standard InChI is InChI=1S/C9H9N2O4/c10-6(9(13)14)3-5-1-2-8(12)7(4-5)11-15/h1-2,4,6H,3,10H2,(H,13,14)/b11-7+. The first-order valence-corrected chi connectivity index (χ1v) is 4.16. The number of ketones is 1. The number of carboxylic acid groups (broad SMARTS) is 1. The number of hydrogen-bond donors (Lipinski definition) is 2. The minimum Gasteiger partial charge on any atom is -0.480 e. The van der Waals surface area contributed by atoms with Gasteiger partial charge in [-0.3, -0.25) is 9.59 Å². The topological polar surface area (TPSA) is 113 Å². The molecule has 0 aromatic rings. The fourth-order valence-electron chi connectivity index (χ4n) is 1.10. The molecule has 6 heteroatoms. The van der Waals surface area contributed by atoms with E-state index in [1.807, 2.05) is 0 Å². The van der Waals surface area contributed by atoms with Gasteiger partial charge in [0.05, 0.1) is 0 Å². The van der Waals surface area contributed by atoms with Crippen LogP contribution in [0.1, 0.15) is 6.42 Å². The van der Waals surface area contributed by atoms with E-state index in [1.54, 1.807) is 0 Å². The van der Waals surface area contributed by atoms with E-state index in [0.717, 1.165) is 0 Å². The van der Waals surface area contributed by atoms with Crippen molar-refractivity contribution in [2.45, 2.75) is 12.5 Å². The Hall–Kier alpha value is -1.95. The van der Waals surface area contributed by atoms with E-state index in [4.69, 9.17) is 10.8 Å². The lowest BCUT2D eigenvalue weighted by Crippen LogP contribution is -2.30. The molecule has 79 valence electrons. The monoisotopic (exact) mass is 209 g/mol. The van der Waals surface area contributed by atoms with Crippen molar-refractivity contribution in [1.29, 1.82) is 0 Å². The van der Waals surface area contributed by atoms with Crippen molar-refractivity contribution >= 4 is 17.5 Å². The van der Waals surface area contributed by atoms with Crippen molar-refractivity contribution in [3.8, 4) is 0 Å². The Morgan fingerprint density at radius 2 is 2.20 bits per heavy atom. The minimum absolute atomic E-state index is 0.0537. The molecule has 1 radical (unpaired) electrons. The highest BCUT2D eigenvalue weighted by molar-refractivity contribution is 6.48. The van der Waals surface area contributed by atoms with Crippen molar-refractivity contribution in [2.24, 2.45) is 10.9 Å². The van der Waals surface area contributed by atoms with Gasteiger partial charge < -0.3 is 10.8 Å². The van der Waals surface area contributed by atoms with E-state index in [1.165, 1.54) is 18.2 Å². The molecule has 1 rings (SSSR count). The molecule has 0 saturated heterocycles. The number of carbonyl (C=O) groups excluding carboxylic acids is 1. The lowest BCUT2D eigenvalue weighted by atomic mass is 9.99. The first kappa shape index (κ1) is 11.1. The maximum atomic E-state index is 11.0. The molecule has 1 aliphatic carbocycles. The Labute approximate surface area is 85.4 Å². The maximum Gasteiger partial charge on any atom is 0.320 e. The van der Waals surface area contributed by atoms with Gasteiger partial charge >= 0.3 is 5.97 Å². The highest BCUT2D eigenvalue weighted by Gasteiger charge is 2.17. The van der Waals surface area contributed by atoms with Gasteiger partial charge in [0.15, 0.2) is 5.71 Å². The summed E-state index contributed by atoms with van der Waals surface area (Å²) < 4.78 is 0. The molecule has 0 heterocycles. The molecule has 15 heavy (non-hydrogen) atoms. The van der Waals surface area contributed by atoms with Crippen LogP contribution in [0.5, 0.6) is 0 Å². The molecule has 6 nitrogen and oxygen atoms in total. The van der Waals surface area contributed by atoms with Gasteiger partial charge in [-0.25, -0.2) is 0 Å². The number of nitrogens with zero attached hydrogens (tertiary/aromatic N) is 1. The molecule has 0 bridgehead atoms. The zero-order valence-corrected chi connectivity index (χ0v) is 7.71. The molecule has 0 saturated carbocycles. The molecule has 3 N–H and O–H groups in total. The third-order valence-corrected chi connectivity index (χ3v) is 1.89. The zero-order chi connectivity index (χ0) is 11.4. The molecule has 0 aromatic carbocycles. The van der Waals surface area contributed by atoms with Crippen molar-refractivity contribution in [1.82, 2.24) is 0 Å². The van der Waals surface area contributed by atoms with E-state index in [0.29, 0.717) is 5.57 Å². The summed E-state index contributed by atoms with van der Waals surface area (Å²) in [5, 5.41) is 21.3. The van der Waals surface area contributed by atoms with Gasteiger partial charge in [0.1, 0.15) is 6.04 Å². The Bertz CT molecular complexity index is 382. The van der Waals surface area contributed by atoms with E-state index >= 15 is 0 Å². The molecule has 1 atom stereocenters. The van der Waals surface area contributed by atoms with Gasteiger partial charge in [0, 0.05) is 0 Å². The summed E-state index contributed by atoms with van der Waals surface area (Å²) in [6.07, 6.45) is 3.90. The maximum absolute atomic E-state index is 11.0. The molecule has 0 amide bonds. The van der Waals surface area contributed by atoms with E-state index in [9.17, 15) is 14.8 Å². The van der Waals surface area contributed by atoms with Crippen LogP contribution in [0, 0.1) is 0 Å². The quantitative estimate of drug-likeness (QED) is 0.488. The Kier molecular flexibility index (Phi) is 3.35. The SMILES string of the molecule is NC(CC1=C/C(=N\[O])C(=O)C=C1)C(=O)O. The van der Waals surface area contributed by atoms with Gasteiger partial charge in [0.25, 0.3) is 0 Å². The van der Waals surface area contributed by atoms with Crippen LogP contribution in [0.25, 0.3) is 0 Å². The highest BCUT2D eigenvalue weighted by Crippen LogP contribution is 2.11. The summed E-state index contributed by atoms with van der Waals surface area (Å²) in [6.45, 7) is 0. The normalized spacial score (nSPS) is 20.2. The summed E-state index contributed by atoms with van der Waals surface area (Å²) >= 11 is 0. The van der Waals surface area contributed by atoms with Crippen LogP contribution in [0.15, 0.2) is 29.0 Å². The summed E-state index contributed by atoms with van der Waals surface area (Å²) in [5.74, 6) is -1.63. The number of carbonyl (C=O) groups is 2. The lowest BCUT2D eigenvalue weighted by Gasteiger charge is -2.09. The van der Waals surface area contributed by atoms with Gasteiger partial charge in [0.2, 0.25) is 5.78 Å². The Balaban J connectivity index is 2.77. The molecule has 0 aliphatic heterocycles. The van der Waals surface area contributed by atoms with Gasteiger partial charge in [-0.1, -0.05) is 6.08 Å². The molecular weight excluding hydrogens is 200 g/mol. The van der Waals surface area contributed by atoms with Crippen LogP contribution >= 0.6 is 0 Å². The van der Waals surface area contributed by atoms with E-state index < -0.39 is 17.8 Å². The zero-order valence-electron chi connectivity index (χ0n) is 7.71. The number of nitrogens with two attached hydrogens (primary N) is 1. The molecule has 0 spiro atoms. The second kappa shape index (κ2) is 4.52. The smallest absolute Gasteiger partial charge is 0.320 e. The van der Waals surface area contributed by atoms with Crippen LogP contribution in [0.3, 0.4) is 0 Å².